The van der Waals surface area contributed by atoms with E-state index in [2.05, 4.69) is 5.32 Å². The molecule has 1 heterocycles. The molecule has 0 aliphatic heterocycles. The molecule has 1 aromatic heterocycles. The lowest BCUT2D eigenvalue weighted by Gasteiger charge is -2.14. The molecule has 0 saturated carbocycles. The number of hydrogen-bond donors (Lipinski definition) is 1. The number of methoxy groups -OCH3 is 1. The molecule has 5 nitrogen and oxygen atoms in total. The van der Waals surface area contributed by atoms with Gasteiger partial charge in [0.1, 0.15) is 12.3 Å². The smallest absolute Gasteiger partial charge is 0.251 e. The molecule has 0 radical (unpaired) electrons. The van der Waals surface area contributed by atoms with Gasteiger partial charge in [-0.05, 0) is 43.2 Å². The van der Waals surface area contributed by atoms with Crippen molar-refractivity contribution in [1.29, 1.82) is 0 Å². The van der Waals surface area contributed by atoms with Gasteiger partial charge in [-0.2, -0.15) is 0 Å². The molecule has 0 saturated heterocycles. The molecule has 3 rings (SSSR count). The highest BCUT2D eigenvalue weighted by Crippen LogP contribution is 2.27. The first-order chi connectivity index (χ1) is 12.4. The molecular formula is C20H19ClN2O3. The standard InChI is InChI=1S/C20H19ClN2O3/c1-12-5-4-6-15-13(2)9-19(25)23(20(12)15)11-18(24)22-14-7-8-17(26-3)16(21)10-14/h4-10H,11H2,1-3H3,(H,22,24). The summed E-state index contributed by atoms with van der Waals surface area (Å²) in [7, 11) is 1.52. The Balaban J connectivity index is 1.93. The van der Waals surface area contributed by atoms with Gasteiger partial charge in [-0.1, -0.05) is 29.8 Å². The number of carbonyl (C=O) groups is 1. The number of anilines is 1. The second-order valence-electron chi connectivity index (χ2n) is 6.12. The summed E-state index contributed by atoms with van der Waals surface area (Å²) in [5.41, 5.74) is 2.96. The molecule has 0 aliphatic carbocycles. The summed E-state index contributed by atoms with van der Waals surface area (Å²) >= 11 is 6.08. The van der Waals surface area contributed by atoms with E-state index in [-0.39, 0.29) is 18.0 Å². The number of rotatable bonds is 4. The van der Waals surface area contributed by atoms with Gasteiger partial charge in [-0.15, -0.1) is 0 Å². The molecular weight excluding hydrogens is 352 g/mol. The monoisotopic (exact) mass is 370 g/mol. The van der Waals surface area contributed by atoms with Gasteiger partial charge in [-0.25, -0.2) is 0 Å². The molecule has 0 spiro atoms. The third-order valence-corrected chi connectivity index (χ3v) is 4.57. The largest absolute Gasteiger partial charge is 0.495 e. The zero-order chi connectivity index (χ0) is 18.8. The van der Waals surface area contributed by atoms with Gasteiger partial charge >= 0.3 is 0 Å². The molecule has 0 fully saturated rings. The maximum atomic E-state index is 12.5. The Morgan fingerprint density at radius 2 is 1.92 bits per heavy atom. The predicted octanol–water partition coefficient (Wildman–Crippen LogP) is 3.92. The van der Waals surface area contributed by atoms with E-state index in [1.807, 2.05) is 32.0 Å². The fourth-order valence-corrected chi connectivity index (χ4v) is 3.29. The van der Waals surface area contributed by atoms with E-state index >= 15 is 0 Å². The molecule has 2 aromatic carbocycles. The van der Waals surface area contributed by atoms with Crippen LogP contribution in [-0.2, 0) is 11.3 Å². The van der Waals surface area contributed by atoms with Crippen LogP contribution in [0.25, 0.3) is 10.9 Å². The number of fused-ring (bicyclic) bond motifs is 1. The van der Waals surface area contributed by atoms with Crippen molar-refractivity contribution < 1.29 is 9.53 Å². The maximum Gasteiger partial charge on any atom is 0.251 e. The van der Waals surface area contributed by atoms with Crippen LogP contribution in [0.1, 0.15) is 11.1 Å². The van der Waals surface area contributed by atoms with Gasteiger partial charge in [0, 0.05) is 17.1 Å². The first-order valence-corrected chi connectivity index (χ1v) is 8.51. The van der Waals surface area contributed by atoms with Crippen LogP contribution < -0.4 is 15.6 Å². The van der Waals surface area contributed by atoms with Gasteiger partial charge < -0.3 is 10.1 Å². The third kappa shape index (κ3) is 3.44. The summed E-state index contributed by atoms with van der Waals surface area (Å²) in [6, 6.07) is 12.4. The van der Waals surface area contributed by atoms with Gasteiger partial charge in [0.15, 0.2) is 0 Å². The van der Waals surface area contributed by atoms with Gasteiger partial charge in [0.25, 0.3) is 5.56 Å². The first kappa shape index (κ1) is 18.0. The highest BCUT2D eigenvalue weighted by atomic mass is 35.5. The Kier molecular flexibility index (Phi) is 5.00. The topological polar surface area (TPSA) is 60.3 Å². The highest BCUT2D eigenvalue weighted by molar-refractivity contribution is 6.32. The van der Waals surface area contributed by atoms with Crippen molar-refractivity contribution >= 4 is 34.1 Å². The lowest BCUT2D eigenvalue weighted by molar-refractivity contribution is -0.116. The second kappa shape index (κ2) is 7.22. The summed E-state index contributed by atoms with van der Waals surface area (Å²) in [5, 5.41) is 4.13. The van der Waals surface area contributed by atoms with Crippen LogP contribution in [0.4, 0.5) is 5.69 Å². The van der Waals surface area contributed by atoms with Crippen molar-refractivity contribution in [3.8, 4) is 5.75 Å². The normalized spacial score (nSPS) is 10.8. The maximum absolute atomic E-state index is 12.5. The zero-order valence-electron chi connectivity index (χ0n) is 14.8. The van der Waals surface area contributed by atoms with E-state index in [1.54, 1.807) is 24.3 Å². The minimum atomic E-state index is -0.304. The van der Waals surface area contributed by atoms with E-state index in [4.69, 9.17) is 16.3 Å². The second-order valence-corrected chi connectivity index (χ2v) is 6.53. The van der Waals surface area contributed by atoms with Crippen LogP contribution in [0.15, 0.2) is 47.3 Å². The number of nitrogens with zero attached hydrogens (tertiary/aromatic N) is 1. The summed E-state index contributed by atoms with van der Waals surface area (Å²) < 4.78 is 6.60. The molecule has 3 aromatic rings. The average Bonchev–Trinajstić information content (AvgIpc) is 2.59. The van der Waals surface area contributed by atoms with Gasteiger partial charge in [0.05, 0.1) is 17.6 Å². The fourth-order valence-electron chi connectivity index (χ4n) is 3.03. The van der Waals surface area contributed by atoms with Crippen molar-refractivity contribution in [3.63, 3.8) is 0 Å². The van der Waals surface area contributed by atoms with E-state index in [9.17, 15) is 9.59 Å². The minimum absolute atomic E-state index is 0.0793. The molecule has 1 N–H and O–H groups in total. The van der Waals surface area contributed by atoms with Crippen LogP contribution in [0.5, 0.6) is 5.75 Å². The van der Waals surface area contributed by atoms with Crippen LogP contribution in [0.2, 0.25) is 5.02 Å². The lowest BCUT2D eigenvalue weighted by atomic mass is 10.1. The van der Waals surface area contributed by atoms with E-state index in [1.165, 1.54) is 11.7 Å². The fraction of sp³-hybridized carbons (Fsp3) is 0.200. The highest BCUT2D eigenvalue weighted by Gasteiger charge is 2.13. The van der Waals surface area contributed by atoms with Crippen molar-refractivity contribution in [2.75, 3.05) is 12.4 Å². The van der Waals surface area contributed by atoms with E-state index in [0.29, 0.717) is 16.5 Å². The van der Waals surface area contributed by atoms with Gasteiger partial charge in [0.2, 0.25) is 5.91 Å². The number of para-hydroxylation sites is 1. The Hall–Kier alpha value is -2.79. The number of aryl methyl sites for hydroxylation is 2. The third-order valence-electron chi connectivity index (χ3n) is 4.28. The number of hydrogen-bond acceptors (Lipinski definition) is 3. The quantitative estimate of drug-likeness (QED) is 0.757. The summed E-state index contributed by atoms with van der Waals surface area (Å²) in [5.74, 6) is 0.225. The van der Waals surface area contributed by atoms with Crippen molar-refractivity contribution in [2.24, 2.45) is 0 Å². The number of aromatic nitrogens is 1. The molecule has 0 bridgehead atoms. The number of amides is 1. The number of ether oxygens (including phenoxy) is 1. The summed E-state index contributed by atoms with van der Waals surface area (Å²) in [6.45, 7) is 3.75. The molecule has 1 amide bonds. The SMILES string of the molecule is COc1ccc(NC(=O)Cn2c(=O)cc(C)c3cccc(C)c32)cc1Cl. The number of halogens is 1. The van der Waals surface area contributed by atoms with Crippen LogP contribution >= 0.6 is 11.6 Å². The number of carbonyl (C=O) groups excluding carboxylic acids is 1. The van der Waals surface area contributed by atoms with Gasteiger partial charge in [-0.3, -0.25) is 14.2 Å². The summed E-state index contributed by atoms with van der Waals surface area (Å²) in [4.78, 5) is 25.0. The molecule has 0 aliphatic rings. The van der Waals surface area contributed by atoms with Crippen molar-refractivity contribution in [2.45, 2.75) is 20.4 Å². The Morgan fingerprint density at radius 1 is 1.15 bits per heavy atom. The lowest BCUT2D eigenvalue weighted by Crippen LogP contribution is -2.28. The Labute approximate surface area is 156 Å². The van der Waals surface area contributed by atoms with E-state index in [0.717, 1.165) is 22.0 Å². The molecule has 134 valence electrons. The zero-order valence-corrected chi connectivity index (χ0v) is 15.6. The minimum Gasteiger partial charge on any atom is -0.495 e. The van der Waals surface area contributed by atoms with Crippen molar-refractivity contribution in [1.82, 2.24) is 4.57 Å². The predicted molar refractivity (Wildman–Crippen MR) is 104 cm³/mol. The van der Waals surface area contributed by atoms with E-state index < -0.39 is 0 Å². The number of nitrogens with one attached hydrogen (secondary N) is 1. The molecule has 6 heteroatoms. The van der Waals surface area contributed by atoms with Crippen LogP contribution in [-0.4, -0.2) is 17.6 Å². The average molecular weight is 371 g/mol. The summed E-state index contributed by atoms with van der Waals surface area (Å²) in [6.07, 6.45) is 0. The first-order valence-electron chi connectivity index (χ1n) is 8.14. The Bertz CT molecular complexity index is 1060. The van der Waals surface area contributed by atoms with Crippen molar-refractivity contribution in [3.05, 3.63) is 69.0 Å². The molecule has 26 heavy (non-hydrogen) atoms. The molecule has 0 atom stereocenters. The Morgan fingerprint density at radius 3 is 2.62 bits per heavy atom. The van der Waals surface area contributed by atoms with Crippen LogP contribution in [0, 0.1) is 13.8 Å². The number of benzene rings is 2. The van der Waals surface area contributed by atoms with Crippen LogP contribution in [0.3, 0.4) is 0 Å². The number of pyridine rings is 1. The molecule has 0 unspecified atom stereocenters.